The van der Waals surface area contributed by atoms with E-state index in [4.69, 9.17) is 21.5 Å². The molecule has 0 aromatic heterocycles. The number of nitrogens with two attached hydrogens (primary N) is 1. The first-order chi connectivity index (χ1) is 9.25. The van der Waals surface area contributed by atoms with E-state index < -0.39 is 15.9 Å². The standard InChI is InChI=1S/C12H17ClN2O4S/c1-3-19-7-8(2)15-12(16)9-4-5-10(13)11(6-9)20(14,17)18/h4-6,8H,3,7H2,1-2H3,(H,15,16)(H2,14,17,18). The molecular weight excluding hydrogens is 304 g/mol. The third-order valence-electron chi connectivity index (χ3n) is 2.45. The van der Waals surface area contributed by atoms with Crippen molar-refractivity contribution in [1.82, 2.24) is 5.32 Å². The molecule has 1 aromatic rings. The maximum atomic E-state index is 12.0. The van der Waals surface area contributed by atoms with Crippen LogP contribution in [0.25, 0.3) is 0 Å². The smallest absolute Gasteiger partial charge is 0.251 e. The predicted molar refractivity (Wildman–Crippen MR) is 76.2 cm³/mol. The van der Waals surface area contributed by atoms with Crippen molar-refractivity contribution in [2.75, 3.05) is 13.2 Å². The lowest BCUT2D eigenvalue weighted by Gasteiger charge is -2.14. The number of halogens is 1. The zero-order valence-corrected chi connectivity index (χ0v) is 12.8. The van der Waals surface area contributed by atoms with Crippen molar-refractivity contribution < 1.29 is 17.9 Å². The lowest BCUT2D eigenvalue weighted by atomic mass is 10.2. The highest BCUT2D eigenvalue weighted by molar-refractivity contribution is 7.89. The van der Waals surface area contributed by atoms with Crippen LogP contribution in [0.2, 0.25) is 5.02 Å². The van der Waals surface area contributed by atoms with Gasteiger partial charge in [0.15, 0.2) is 0 Å². The van der Waals surface area contributed by atoms with E-state index in [-0.39, 0.29) is 21.5 Å². The van der Waals surface area contributed by atoms with Gasteiger partial charge in [0.1, 0.15) is 4.90 Å². The second kappa shape index (κ2) is 7.03. The van der Waals surface area contributed by atoms with Crippen LogP contribution in [0.1, 0.15) is 24.2 Å². The molecule has 1 rings (SSSR count). The second-order valence-corrected chi connectivity index (χ2v) is 6.16. The zero-order valence-electron chi connectivity index (χ0n) is 11.2. The van der Waals surface area contributed by atoms with Crippen molar-refractivity contribution in [3.05, 3.63) is 28.8 Å². The van der Waals surface area contributed by atoms with E-state index in [0.29, 0.717) is 13.2 Å². The molecule has 1 amide bonds. The van der Waals surface area contributed by atoms with E-state index in [0.717, 1.165) is 6.07 Å². The molecule has 0 aliphatic heterocycles. The molecule has 0 aliphatic carbocycles. The van der Waals surface area contributed by atoms with Gasteiger partial charge in [-0.25, -0.2) is 13.6 Å². The van der Waals surface area contributed by atoms with Crippen molar-refractivity contribution in [1.29, 1.82) is 0 Å². The van der Waals surface area contributed by atoms with Crippen LogP contribution >= 0.6 is 11.6 Å². The Hall–Kier alpha value is -1.15. The molecule has 1 aromatic carbocycles. The summed E-state index contributed by atoms with van der Waals surface area (Å²) < 4.78 is 27.8. The Bertz CT molecular complexity index is 589. The number of amides is 1. The molecule has 1 atom stereocenters. The van der Waals surface area contributed by atoms with Gasteiger partial charge in [-0.1, -0.05) is 11.6 Å². The fourth-order valence-corrected chi connectivity index (χ4v) is 2.58. The summed E-state index contributed by atoms with van der Waals surface area (Å²) in [6.45, 7) is 4.56. The third kappa shape index (κ3) is 4.75. The summed E-state index contributed by atoms with van der Waals surface area (Å²) in [7, 11) is -3.97. The minimum absolute atomic E-state index is 0.0218. The molecular formula is C12H17ClN2O4S. The Balaban J connectivity index is 2.90. The molecule has 3 N–H and O–H groups in total. The van der Waals surface area contributed by atoms with Crippen molar-refractivity contribution in [3.8, 4) is 0 Å². The Labute approximate surface area is 123 Å². The van der Waals surface area contributed by atoms with Crippen LogP contribution in [0, 0.1) is 0 Å². The zero-order chi connectivity index (χ0) is 15.3. The van der Waals surface area contributed by atoms with Crippen LogP contribution in [0.5, 0.6) is 0 Å². The van der Waals surface area contributed by atoms with E-state index in [9.17, 15) is 13.2 Å². The third-order valence-corrected chi connectivity index (χ3v) is 3.84. The van der Waals surface area contributed by atoms with E-state index in [1.54, 1.807) is 6.92 Å². The van der Waals surface area contributed by atoms with Crippen LogP contribution in [-0.2, 0) is 14.8 Å². The summed E-state index contributed by atoms with van der Waals surface area (Å²) in [6.07, 6.45) is 0. The summed E-state index contributed by atoms with van der Waals surface area (Å²) in [4.78, 5) is 11.7. The van der Waals surface area contributed by atoms with Crippen LogP contribution in [0.3, 0.4) is 0 Å². The number of carbonyl (C=O) groups excluding carboxylic acids is 1. The number of ether oxygens (including phenoxy) is 1. The van der Waals surface area contributed by atoms with Gasteiger partial charge < -0.3 is 10.1 Å². The molecule has 112 valence electrons. The van der Waals surface area contributed by atoms with Gasteiger partial charge in [0, 0.05) is 18.2 Å². The molecule has 0 bridgehead atoms. The van der Waals surface area contributed by atoms with Crippen LogP contribution in [0.15, 0.2) is 23.1 Å². The average Bonchev–Trinajstić information content (AvgIpc) is 2.35. The Morgan fingerprint density at radius 3 is 2.70 bits per heavy atom. The van der Waals surface area contributed by atoms with Gasteiger partial charge in [-0.05, 0) is 32.0 Å². The van der Waals surface area contributed by atoms with Gasteiger partial charge in [0.25, 0.3) is 5.91 Å². The molecule has 8 heteroatoms. The molecule has 0 heterocycles. The molecule has 0 radical (unpaired) electrons. The molecule has 0 spiro atoms. The average molecular weight is 321 g/mol. The first kappa shape index (κ1) is 16.9. The number of primary sulfonamides is 1. The van der Waals surface area contributed by atoms with Gasteiger partial charge in [-0.15, -0.1) is 0 Å². The Kier molecular flexibility index (Phi) is 5.94. The highest BCUT2D eigenvalue weighted by atomic mass is 35.5. The summed E-state index contributed by atoms with van der Waals surface area (Å²) in [5.41, 5.74) is 0.168. The van der Waals surface area contributed by atoms with Crippen molar-refractivity contribution in [2.24, 2.45) is 5.14 Å². The molecule has 20 heavy (non-hydrogen) atoms. The lowest BCUT2D eigenvalue weighted by Crippen LogP contribution is -2.36. The quantitative estimate of drug-likeness (QED) is 0.821. The minimum Gasteiger partial charge on any atom is -0.380 e. The van der Waals surface area contributed by atoms with E-state index in [1.165, 1.54) is 12.1 Å². The van der Waals surface area contributed by atoms with Crippen molar-refractivity contribution >= 4 is 27.5 Å². The van der Waals surface area contributed by atoms with Crippen molar-refractivity contribution in [2.45, 2.75) is 24.8 Å². The van der Waals surface area contributed by atoms with Crippen molar-refractivity contribution in [3.63, 3.8) is 0 Å². The number of benzene rings is 1. The van der Waals surface area contributed by atoms with Gasteiger partial charge in [-0.2, -0.15) is 0 Å². The van der Waals surface area contributed by atoms with E-state index in [2.05, 4.69) is 5.32 Å². The maximum Gasteiger partial charge on any atom is 0.251 e. The topological polar surface area (TPSA) is 98.5 Å². The summed E-state index contributed by atoms with van der Waals surface area (Å²) in [5, 5.41) is 7.69. The second-order valence-electron chi connectivity index (χ2n) is 4.22. The van der Waals surface area contributed by atoms with Gasteiger partial charge in [-0.3, -0.25) is 4.79 Å². The summed E-state index contributed by atoms with van der Waals surface area (Å²) in [5.74, 6) is -0.418. The first-order valence-corrected chi connectivity index (χ1v) is 7.89. The molecule has 0 saturated carbocycles. The highest BCUT2D eigenvalue weighted by Crippen LogP contribution is 2.21. The first-order valence-electron chi connectivity index (χ1n) is 5.96. The molecule has 0 fully saturated rings. The number of nitrogens with one attached hydrogen (secondary N) is 1. The number of hydrogen-bond donors (Lipinski definition) is 2. The number of carbonyl (C=O) groups is 1. The fraction of sp³-hybridized carbons (Fsp3) is 0.417. The predicted octanol–water partition coefficient (Wildman–Crippen LogP) is 1.14. The van der Waals surface area contributed by atoms with Crippen LogP contribution in [-0.4, -0.2) is 33.6 Å². The van der Waals surface area contributed by atoms with Crippen LogP contribution < -0.4 is 10.5 Å². The highest BCUT2D eigenvalue weighted by Gasteiger charge is 2.17. The van der Waals surface area contributed by atoms with E-state index >= 15 is 0 Å². The van der Waals surface area contributed by atoms with Gasteiger partial charge in [0.05, 0.1) is 11.6 Å². The van der Waals surface area contributed by atoms with Gasteiger partial charge >= 0.3 is 0 Å². The monoisotopic (exact) mass is 320 g/mol. The molecule has 0 saturated heterocycles. The summed E-state index contributed by atoms with van der Waals surface area (Å²) >= 11 is 5.75. The lowest BCUT2D eigenvalue weighted by molar-refractivity contribution is 0.0872. The maximum absolute atomic E-state index is 12.0. The van der Waals surface area contributed by atoms with Crippen LogP contribution in [0.4, 0.5) is 0 Å². The SMILES string of the molecule is CCOCC(C)NC(=O)c1ccc(Cl)c(S(N)(=O)=O)c1. The largest absolute Gasteiger partial charge is 0.380 e. The number of rotatable bonds is 6. The Morgan fingerprint density at radius 2 is 2.15 bits per heavy atom. The number of hydrogen-bond acceptors (Lipinski definition) is 4. The number of sulfonamides is 1. The molecule has 6 nitrogen and oxygen atoms in total. The fourth-order valence-electron chi connectivity index (χ4n) is 1.51. The van der Waals surface area contributed by atoms with Gasteiger partial charge in [0.2, 0.25) is 10.0 Å². The Morgan fingerprint density at radius 1 is 1.50 bits per heavy atom. The summed E-state index contributed by atoms with van der Waals surface area (Å²) in [6, 6.07) is 3.71. The normalized spacial score (nSPS) is 13.0. The molecule has 1 unspecified atom stereocenters. The van der Waals surface area contributed by atoms with E-state index in [1.807, 2.05) is 6.92 Å². The molecule has 0 aliphatic rings. The minimum atomic E-state index is -3.97.